The van der Waals surface area contributed by atoms with Gasteiger partial charge in [-0.3, -0.25) is 9.59 Å². The SMILES string of the molecule is C[C@@H]1C[C@@]2(O)OC(=O)[C@@]3(Oc4ccc(-c5ccc6c(c5O)C(=O)C5(O)[C@@]7(O)C[C@@H](C)[C@H](O)[C@]5(O6)C(=O)O7)c(O)c4C(=O)C23O)[C@H]1O. The van der Waals surface area contributed by atoms with Crippen LogP contribution in [-0.2, 0) is 19.1 Å². The van der Waals surface area contributed by atoms with Crippen LogP contribution in [0.25, 0.3) is 11.1 Å². The molecule has 4 heterocycles. The normalized spacial score (nSPS) is 44.6. The minimum absolute atomic E-state index is 0.363. The molecule has 16 nitrogen and oxygen atoms in total. The molecule has 10 atom stereocenters. The van der Waals surface area contributed by atoms with Crippen LogP contribution >= 0.6 is 0 Å². The first kappa shape index (κ1) is 29.1. The number of benzene rings is 2. The molecule has 6 aliphatic rings. The lowest BCUT2D eigenvalue weighted by atomic mass is 9.60. The van der Waals surface area contributed by atoms with Crippen LogP contribution in [0.15, 0.2) is 24.3 Å². The van der Waals surface area contributed by atoms with Crippen LogP contribution in [0.5, 0.6) is 23.0 Å². The summed E-state index contributed by atoms with van der Waals surface area (Å²) >= 11 is 0. The number of rotatable bonds is 1. The van der Waals surface area contributed by atoms with E-state index in [9.17, 15) is 60.0 Å². The molecule has 16 heteroatoms. The number of phenols is 2. The number of hydrogen-bond donors (Lipinski definition) is 8. The number of aliphatic hydroxyl groups is 6. The lowest BCUT2D eigenvalue weighted by Crippen LogP contribution is -2.79. The summed E-state index contributed by atoms with van der Waals surface area (Å²) in [5.74, 6) is -16.0. The summed E-state index contributed by atoms with van der Waals surface area (Å²) in [6, 6.07) is 4.35. The number of esters is 2. The minimum atomic E-state index is -3.22. The van der Waals surface area contributed by atoms with E-state index in [0.717, 1.165) is 24.3 Å². The minimum Gasteiger partial charge on any atom is -0.506 e. The Morgan fingerprint density at radius 1 is 0.609 bits per heavy atom. The molecule has 2 saturated carbocycles. The summed E-state index contributed by atoms with van der Waals surface area (Å²) in [7, 11) is 0. The van der Waals surface area contributed by atoms with Crippen LogP contribution in [0.4, 0.5) is 0 Å². The van der Waals surface area contributed by atoms with Gasteiger partial charge >= 0.3 is 11.9 Å². The summed E-state index contributed by atoms with van der Waals surface area (Å²) in [6.45, 7) is 2.87. The molecule has 2 aromatic rings. The molecule has 8 rings (SSSR count). The molecule has 46 heavy (non-hydrogen) atoms. The summed E-state index contributed by atoms with van der Waals surface area (Å²) in [6.07, 6.45) is -4.77. The fourth-order valence-corrected chi connectivity index (χ4v) is 8.37. The molecule has 0 aromatic heterocycles. The molecular weight excluding hydrogens is 616 g/mol. The number of carbonyl (C=O) groups excluding carboxylic acids is 4. The third-order valence-corrected chi connectivity index (χ3v) is 10.7. The Balaban J connectivity index is 1.29. The maximum atomic E-state index is 13.9. The molecular formula is C30H26O16. The van der Waals surface area contributed by atoms with Gasteiger partial charge < -0.3 is 59.8 Å². The zero-order valence-electron chi connectivity index (χ0n) is 23.9. The van der Waals surface area contributed by atoms with Gasteiger partial charge in [0.15, 0.2) is 0 Å². The van der Waals surface area contributed by atoms with Gasteiger partial charge in [-0.05, 0) is 36.1 Å². The van der Waals surface area contributed by atoms with E-state index in [2.05, 4.69) is 0 Å². The van der Waals surface area contributed by atoms with E-state index in [1.165, 1.54) is 13.8 Å². The van der Waals surface area contributed by atoms with Crippen molar-refractivity contribution in [2.45, 2.75) is 72.9 Å². The predicted octanol–water partition coefficient (Wildman–Crippen LogP) is -1.85. The van der Waals surface area contributed by atoms with Gasteiger partial charge in [-0.25, -0.2) is 9.59 Å². The Hall–Kier alpha value is -4.32. The number of aliphatic hydroxyl groups excluding tert-OH is 2. The number of ether oxygens (including phenoxy) is 4. The molecule has 4 fully saturated rings. The Morgan fingerprint density at radius 3 is 1.30 bits per heavy atom. The molecule has 0 spiro atoms. The summed E-state index contributed by atoms with van der Waals surface area (Å²) in [4.78, 5) is 53.8. The molecule has 2 aliphatic carbocycles. The molecule has 4 bridgehead atoms. The van der Waals surface area contributed by atoms with E-state index >= 15 is 0 Å². The van der Waals surface area contributed by atoms with Crippen molar-refractivity contribution in [3.05, 3.63) is 35.4 Å². The van der Waals surface area contributed by atoms with Crippen LogP contribution in [-0.4, -0.2) is 111 Å². The van der Waals surface area contributed by atoms with E-state index in [1.54, 1.807) is 0 Å². The van der Waals surface area contributed by atoms with Crippen LogP contribution < -0.4 is 9.47 Å². The monoisotopic (exact) mass is 642 g/mol. The summed E-state index contributed by atoms with van der Waals surface area (Å²) < 4.78 is 21.4. The summed E-state index contributed by atoms with van der Waals surface area (Å²) in [5, 5.41) is 90.4. The number of ketones is 2. The van der Waals surface area contributed by atoms with Crippen molar-refractivity contribution in [1.29, 1.82) is 0 Å². The van der Waals surface area contributed by atoms with Gasteiger partial charge in [-0.2, -0.15) is 0 Å². The highest BCUT2D eigenvalue weighted by Gasteiger charge is 2.89. The number of carbonyl (C=O) groups is 4. The van der Waals surface area contributed by atoms with Gasteiger partial charge in [0, 0.05) is 24.0 Å². The number of phenolic OH excluding ortho intramolecular Hbond substituents is 2. The zero-order valence-corrected chi connectivity index (χ0v) is 23.9. The molecule has 4 aliphatic heterocycles. The van der Waals surface area contributed by atoms with Gasteiger partial charge in [-0.1, -0.05) is 13.8 Å². The highest BCUT2D eigenvalue weighted by Crippen LogP contribution is 2.63. The maximum Gasteiger partial charge on any atom is 0.359 e. The van der Waals surface area contributed by atoms with Crippen molar-refractivity contribution in [3.8, 4) is 34.1 Å². The first-order valence-corrected chi connectivity index (χ1v) is 14.3. The lowest BCUT2D eigenvalue weighted by Gasteiger charge is -2.52. The second kappa shape index (κ2) is 7.96. The Labute approximate surface area is 256 Å². The van der Waals surface area contributed by atoms with E-state index in [1.807, 2.05) is 0 Å². The van der Waals surface area contributed by atoms with Gasteiger partial charge in [0.05, 0.1) is 0 Å². The average molecular weight is 643 g/mol. The fraction of sp³-hybridized carbons (Fsp3) is 0.467. The topological polar surface area (TPSA) is 267 Å². The highest BCUT2D eigenvalue weighted by molar-refractivity contribution is 6.17. The molecule has 2 saturated heterocycles. The smallest absolute Gasteiger partial charge is 0.359 e. The predicted molar refractivity (Wildman–Crippen MR) is 142 cm³/mol. The van der Waals surface area contributed by atoms with Crippen molar-refractivity contribution >= 4 is 23.5 Å². The molecule has 8 N–H and O–H groups in total. The molecule has 2 aromatic carbocycles. The fourth-order valence-electron chi connectivity index (χ4n) is 8.37. The van der Waals surface area contributed by atoms with Crippen molar-refractivity contribution in [2.24, 2.45) is 11.8 Å². The number of hydrogen-bond acceptors (Lipinski definition) is 16. The van der Waals surface area contributed by atoms with Gasteiger partial charge in [0.1, 0.15) is 46.3 Å². The maximum absolute atomic E-state index is 13.9. The summed E-state index contributed by atoms with van der Waals surface area (Å²) in [5.41, 5.74) is -14.2. The van der Waals surface area contributed by atoms with Crippen LogP contribution in [0.1, 0.15) is 47.4 Å². The quantitative estimate of drug-likeness (QED) is 0.159. The van der Waals surface area contributed by atoms with Gasteiger partial charge in [0.25, 0.3) is 22.8 Å². The Morgan fingerprint density at radius 2 is 0.957 bits per heavy atom. The van der Waals surface area contributed by atoms with E-state index in [0.29, 0.717) is 0 Å². The highest BCUT2D eigenvalue weighted by atomic mass is 16.7. The van der Waals surface area contributed by atoms with Crippen LogP contribution in [0, 0.1) is 11.8 Å². The standard InChI is InChI=1S/C30H26O16/c1-9-7-25(39)29(41)21(35)15-13(43-27(29,19(9)33)23(37)45-25)5-3-11(17(15)31)12-4-6-14-16(18(12)32)22(36)30(42)26(40)8-10(2)20(34)28(30,44-14)24(38)46-26/h3-6,9-10,19-20,31-34,39-42H,7-8H2,1-2H3/t9-,10-,19+,20+,25-,26-,27+,28+,29?,30?/m1/s1. The lowest BCUT2D eigenvalue weighted by molar-refractivity contribution is -0.288. The Bertz CT molecular complexity index is 1740. The third-order valence-electron chi connectivity index (χ3n) is 10.7. The van der Waals surface area contributed by atoms with Crippen molar-refractivity contribution in [3.63, 3.8) is 0 Å². The van der Waals surface area contributed by atoms with Gasteiger partial charge in [0.2, 0.25) is 22.8 Å². The molecule has 0 amide bonds. The van der Waals surface area contributed by atoms with Crippen molar-refractivity contribution < 1.29 is 79.0 Å². The largest absolute Gasteiger partial charge is 0.506 e. The second-order valence-electron chi connectivity index (χ2n) is 13.0. The second-order valence-corrected chi connectivity index (χ2v) is 13.0. The van der Waals surface area contributed by atoms with Crippen LogP contribution in [0.2, 0.25) is 0 Å². The average Bonchev–Trinajstić information content (AvgIpc) is 3.19. The van der Waals surface area contributed by atoms with Crippen molar-refractivity contribution in [2.75, 3.05) is 0 Å². The third kappa shape index (κ3) is 2.58. The van der Waals surface area contributed by atoms with Gasteiger partial charge in [-0.15, -0.1) is 0 Å². The van der Waals surface area contributed by atoms with E-state index in [-0.39, 0.29) is 11.1 Å². The first-order chi connectivity index (χ1) is 21.4. The first-order valence-electron chi connectivity index (χ1n) is 14.3. The molecule has 0 radical (unpaired) electrons. The number of fused-ring (bicyclic) bond motifs is 2. The van der Waals surface area contributed by atoms with Crippen LogP contribution in [0.3, 0.4) is 0 Å². The van der Waals surface area contributed by atoms with E-state index in [4.69, 9.17) is 18.9 Å². The Kier molecular flexibility index (Phi) is 5.04. The van der Waals surface area contributed by atoms with E-state index < -0.39 is 128 Å². The number of Topliss-reactive ketones (excluding diaryl/α,β-unsaturated/α-hetero) is 2. The zero-order chi connectivity index (χ0) is 33.3. The van der Waals surface area contributed by atoms with Crippen molar-refractivity contribution in [1.82, 2.24) is 0 Å². The molecule has 242 valence electrons. The number of aromatic hydroxyl groups is 2. The molecule has 2 unspecified atom stereocenters.